The Morgan fingerprint density at radius 1 is 1.40 bits per heavy atom. The number of amides is 1. The van der Waals surface area contributed by atoms with Gasteiger partial charge in [-0.1, -0.05) is 13.8 Å². The Hall–Kier alpha value is -1.27. The van der Waals surface area contributed by atoms with Crippen molar-refractivity contribution in [3.8, 4) is 0 Å². The van der Waals surface area contributed by atoms with Gasteiger partial charge in [-0.2, -0.15) is 13.2 Å². The van der Waals surface area contributed by atoms with Gasteiger partial charge < -0.3 is 10.0 Å². The summed E-state index contributed by atoms with van der Waals surface area (Å²) in [5.41, 5.74) is -0.813. The normalized spacial score (nSPS) is 24.6. The van der Waals surface area contributed by atoms with Crippen LogP contribution in [0.4, 0.5) is 13.2 Å². The third kappa shape index (κ3) is 1.91. The van der Waals surface area contributed by atoms with Crippen molar-refractivity contribution in [1.29, 1.82) is 0 Å². The van der Waals surface area contributed by atoms with Crippen molar-refractivity contribution >= 4 is 11.9 Å². The highest BCUT2D eigenvalue weighted by molar-refractivity contribution is 5.89. The molecule has 0 aliphatic carbocycles. The quantitative estimate of drug-likeness (QED) is 0.720. The number of aliphatic carboxylic acids is 1. The molecule has 1 aliphatic rings. The number of nitrogens with zero attached hydrogens (tertiary/aromatic N) is 1. The largest absolute Gasteiger partial charge is 0.480 e. The molecule has 86 valence electrons. The predicted octanol–water partition coefficient (Wildman–Crippen LogP) is 0.870. The number of alkyl halides is 3. The second kappa shape index (κ2) is 3.11. The lowest BCUT2D eigenvalue weighted by Gasteiger charge is -2.51. The van der Waals surface area contributed by atoms with Gasteiger partial charge in [-0.05, 0) is 0 Å². The summed E-state index contributed by atoms with van der Waals surface area (Å²) in [4.78, 5) is 21.8. The van der Waals surface area contributed by atoms with Crippen molar-refractivity contribution in [2.45, 2.75) is 26.1 Å². The number of hydrogen-bond donors (Lipinski definition) is 1. The van der Waals surface area contributed by atoms with E-state index in [1.165, 1.54) is 13.8 Å². The van der Waals surface area contributed by atoms with Crippen LogP contribution >= 0.6 is 0 Å². The smallest absolute Gasteiger partial charge is 0.471 e. The molecule has 0 aromatic carbocycles. The van der Waals surface area contributed by atoms with E-state index in [0.29, 0.717) is 4.90 Å². The number of halogens is 3. The second-order valence-corrected chi connectivity index (χ2v) is 4.16. The lowest BCUT2D eigenvalue weighted by molar-refractivity contribution is -0.206. The molecule has 1 heterocycles. The van der Waals surface area contributed by atoms with Crippen LogP contribution in [0.1, 0.15) is 13.8 Å². The summed E-state index contributed by atoms with van der Waals surface area (Å²) in [6.07, 6.45) is -5.01. The van der Waals surface area contributed by atoms with Crippen molar-refractivity contribution in [3.05, 3.63) is 0 Å². The van der Waals surface area contributed by atoms with E-state index in [1.54, 1.807) is 0 Å². The van der Waals surface area contributed by atoms with E-state index >= 15 is 0 Å². The first-order valence-electron chi connectivity index (χ1n) is 4.18. The molecule has 0 aromatic heterocycles. The van der Waals surface area contributed by atoms with Crippen LogP contribution in [0.5, 0.6) is 0 Å². The van der Waals surface area contributed by atoms with E-state index in [0.717, 1.165) is 0 Å². The molecule has 1 atom stereocenters. The fourth-order valence-electron chi connectivity index (χ4n) is 1.75. The zero-order chi connectivity index (χ0) is 12.0. The lowest BCUT2D eigenvalue weighted by Crippen LogP contribution is -2.69. The van der Waals surface area contributed by atoms with Crippen LogP contribution in [0.25, 0.3) is 0 Å². The molecule has 1 N–H and O–H groups in total. The van der Waals surface area contributed by atoms with Crippen LogP contribution in [0.3, 0.4) is 0 Å². The number of carbonyl (C=O) groups is 2. The van der Waals surface area contributed by atoms with Gasteiger partial charge in [0.15, 0.2) is 0 Å². The third-order valence-corrected chi connectivity index (χ3v) is 2.37. The molecule has 0 aromatic rings. The minimum atomic E-state index is -5.01. The Morgan fingerprint density at radius 3 is 2.13 bits per heavy atom. The first kappa shape index (κ1) is 11.8. The highest BCUT2D eigenvalue weighted by Gasteiger charge is 2.58. The number of hydrogen-bond acceptors (Lipinski definition) is 2. The number of carbonyl (C=O) groups excluding carboxylic acids is 1. The first-order valence-corrected chi connectivity index (χ1v) is 4.18. The molecule has 0 spiro atoms. The van der Waals surface area contributed by atoms with Gasteiger partial charge in [0.2, 0.25) is 0 Å². The molecule has 1 saturated heterocycles. The van der Waals surface area contributed by atoms with E-state index in [9.17, 15) is 22.8 Å². The fourth-order valence-corrected chi connectivity index (χ4v) is 1.75. The summed E-state index contributed by atoms with van der Waals surface area (Å²) in [6.45, 7) is 2.82. The van der Waals surface area contributed by atoms with Crippen molar-refractivity contribution in [3.63, 3.8) is 0 Å². The minimum Gasteiger partial charge on any atom is -0.480 e. The topological polar surface area (TPSA) is 57.6 Å². The van der Waals surface area contributed by atoms with Crippen LogP contribution in [0.2, 0.25) is 0 Å². The van der Waals surface area contributed by atoms with Crippen molar-refractivity contribution < 1.29 is 27.9 Å². The number of likely N-dealkylation sites (tertiary alicyclic amines) is 1. The van der Waals surface area contributed by atoms with E-state index in [2.05, 4.69) is 0 Å². The second-order valence-electron chi connectivity index (χ2n) is 4.16. The zero-order valence-electron chi connectivity index (χ0n) is 8.13. The van der Waals surface area contributed by atoms with Crippen LogP contribution in [-0.2, 0) is 9.59 Å². The Labute approximate surface area is 83.7 Å². The summed E-state index contributed by atoms with van der Waals surface area (Å²) in [6, 6.07) is -1.40. The Balaban J connectivity index is 2.85. The Morgan fingerprint density at radius 2 is 1.87 bits per heavy atom. The molecule has 1 aliphatic heterocycles. The van der Waals surface area contributed by atoms with Crippen molar-refractivity contribution in [2.24, 2.45) is 5.41 Å². The fraction of sp³-hybridized carbons (Fsp3) is 0.750. The molecular weight excluding hydrogens is 215 g/mol. The van der Waals surface area contributed by atoms with E-state index in [-0.39, 0.29) is 6.54 Å². The zero-order valence-corrected chi connectivity index (χ0v) is 8.13. The van der Waals surface area contributed by atoms with Gasteiger partial charge in [0.05, 0.1) is 0 Å². The average Bonchev–Trinajstić information content (AvgIpc) is 1.95. The third-order valence-electron chi connectivity index (χ3n) is 2.37. The average molecular weight is 225 g/mol. The molecule has 7 heteroatoms. The van der Waals surface area contributed by atoms with Crippen LogP contribution in [-0.4, -0.2) is 40.6 Å². The Kier molecular flexibility index (Phi) is 2.45. The van der Waals surface area contributed by atoms with Crippen LogP contribution < -0.4 is 0 Å². The van der Waals surface area contributed by atoms with Gasteiger partial charge in [0, 0.05) is 12.0 Å². The molecular formula is C8H10F3NO3. The molecule has 15 heavy (non-hydrogen) atoms. The molecule has 4 nitrogen and oxygen atoms in total. The maximum atomic E-state index is 12.0. The molecule has 0 saturated carbocycles. The SMILES string of the molecule is CC1(C)CN(C(=O)C(F)(F)F)C1C(=O)O. The van der Waals surface area contributed by atoms with E-state index < -0.39 is 29.5 Å². The van der Waals surface area contributed by atoms with Crippen molar-refractivity contribution in [2.75, 3.05) is 6.54 Å². The molecule has 0 radical (unpaired) electrons. The van der Waals surface area contributed by atoms with Gasteiger partial charge in [0.1, 0.15) is 6.04 Å². The van der Waals surface area contributed by atoms with Gasteiger partial charge in [-0.3, -0.25) is 4.79 Å². The highest BCUT2D eigenvalue weighted by Crippen LogP contribution is 2.39. The standard InChI is InChI=1S/C8H10F3NO3/c1-7(2)3-12(4(7)5(13)14)6(15)8(9,10)11/h4H,3H2,1-2H3,(H,13,14). The summed E-state index contributed by atoms with van der Waals surface area (Å²) in [7, 11) is 0. The Bertz CT molecular complexity index is 311. The molecule has 1 rings (SSSR count). The first-order chi connectivity index (χ1) is 6.57. The van der Waals surface area contributed by atoms with Crippen LogP contribution in [0, 0.1) is 5.41 Å². The van der Waals surface area contributed by atoms with Crippen molar-refractivity contribution in [1.82, 2.24) is 4.90 Å². The molecule has 0 bridgehead atoms. The van der Waals surface area contributed by atoms with Gasteiger partial charge in [-0.15, -0.1) is 0 Å². The maximum absolute atomic E-state index is 12.0. The minimum absolute atomic E-state index is 0.192. The monoisotopic (exact) mass is 225 g/mol. The summed E-state index contributed by atoms with van der Waals surface area (Å²) < 4.78 is 36.1. The molecule has 1 unspecified atom stereocenters. The van der Waals surface area contributed by atoms with Gasteiger partial charge in [0.25, 0.3) is 0 Å². The summed E-state index contributed by atoms with van der Waals surface area (Å²) >= 11 is 0. The van der Waals surface area contributed by atoms with E-state index in [4.69, 9.17) is 5.11 Å². The number of rotatable bonds is 1. The number of carboxylic acid groups (broad SMARTS) is 1. The highest BCUT2D eigenvalue weighted by atomic mass is 19.4. The molecule has 1 amide bonds. The maximum Gasteiger partial charge on any atom is 0.471 e. The predicted molar refractivity (Wildman–Crippen MR) is 43.0 cm³/mol. The summed E-state index contributed by atoms with van der Waals surface area (Å²) in [5, 5.41) is 8.69. The number of carboxylic acids is 1. The van der Waals surface area contributed by atoms with Crippen LogP contribution in [0.15, 0.2) is 0 Å². The van der Waals surface area contributed by atoms with E-state index in [1.807, 2.05) is 0 Å². The molecule has 1 fully saturated rings. The lowest BCUT2D eigenvalue weighted by atomic mass is 9.75. The van der Waals surface area contributed by atoms with Gasteiger partial charge >= 0.3 is 18.1 Å². The summed E-state index contributed by atoms with van der Waals surface area (Å²) in [5.74, 6) is -3.50. The van der Waals surface area contributed by atoms with Gasteiger partial charge in [-0.25, -0.2) is 4.79 Å².